The van der Waals surface area contributed by atoms with E-state index >= 15 is 0 Å². The summed E-state index contributed by atoms with van der Waals surface area (Å²) in [6.07, 6.45) is 3.66. The highest BCUT2D eigenvalue weighted by atomic mass is 32.1. The number of benzene rings is 1. The molecule has 0 radical (unpaired) electrons. The first-order chi connectivity index (χ1) is 14.1. The molecule has 5 nitrogen and oxygen atoms in total. The lowest BCUT2D eigenvalue weighted by atomic mass is 9.93. The Bertz CT molecular complexity index is 873. The molecule has 4 rings (SSSR count). The van der Waals surface area contributed by atoms with Crippen molar-refractivity contribution in [3.63, 3.8) is 0 Å². The van der Waals surface area contributed by atoms with E-state index in [4.69, 9.17) is 4.74 Å². The summed E-state index contributed by atoms with van der Waals surface area (Å²) in [4.78, 5) is 31.1. The van der Waals surface area contributed by atoms with Gasteiger partial charge in [0.05, 0.1) is 19.7 Å². The summed E-state index contributed by atoms with van der Waals surface area (Å²) in [5.41, 5.74) is 2.28. The van der Waals surface area contributed by atoms with Crippen LogP contribution in [0.4, 0.5) is 0 Å². The highest BCUT2D eigenvalue weighted by molar-refractivity contribution is 7.10. The molecular formula is C23H28N2O3S. The lowest BCUT2D eigenvalue weighted by Gasteiger charge is -2.37. The Morgan fingerprint density at radius 2 is 1.97 bits per heavy atom. The fourth-order valence-corrected chi connectivity index (χ4v) is 5.01. The van der Waals surface area contributed by atoms with Gasteiger partial charge < -0.3 is 14.5 Å². The number of fused-ring (bicyclic) bond motifs is 1. The van der Waals surface area contributed by atoms with Gasteiger partial charge in [-0.05, 0) is 60.4 Å². The lowest BCUT2D eigenvalue weighted by molar-refractivity contribution is -0.142. The molecule has 2 aromatic rings. The van der Waals surface area contributed by atoms with Crippen molar-refractivity contribution in [3.05, 3.63) is 51.7 Å². The van der Waals surface area contributed by atoms with Crippen LogP contribution in [0.5, 0.6) is 5.75 Å². The van der Waals surface area contributed by atoms with Gasteiger partial charge in [-0.25, -0.2) is 0 Å². The van der Waals surface area contributed by atoms with Gasteiger partial charge in [-0.1, -0.05) is 19.1 Å². The fourth-order valence-electron chi connectivity index (χ4n) is 4.11. The minimum Gasteiger partial charge on any atom is -0.497 e. The van der Waals surface area contributed by atoms with Gasteiger partial charge in [0, 0.05) is 23.9 Å². The van der Waals surface area contributed by atoms with E-state index < -0.39 is 0 Å². The molecule has 1 atom stereocenters. The predicted molar refractivity (Wildman–Crippen MR) is 114 cm³/mol. The van der Waals surface area contributed by atoms with E-state index in [-0.39, 0.29) is 30.3 Å². The van der Waals surface area contributed by atoms with E-state index in [2.05, 4.69) is 18.4 Å². The number of carbonyl (C=O) groups excluding carboxylic acids is 2. The van der Waals surface area contributed by atoms with Gasteiger partial charge >= 0.3 is 0 Å². The van der Waals surface area contributed by atoms with Gasteiger partial charge in [-0.15, -0.1) is 11.3 Å². The van der Waals surface area contributed by atoms with Crippen LogP contribution in [0.1, 0.15) is 48.2 Å². The minimum absolute atomic E-state index is 0.0325. The van der Waals surface area contributed by atoms with E-state index in [1.165, 1.54) is 10.4 Å². The molecule has 1 saturated carbocycles. The summed E-state index contributed by atoms with van der Waals surface area (Å²) < 4.78 is 5.30. The number of thiophene rings is 1. The van der Waals surface area contributed by atoms with Crippen molar-refractivity contribution in [2.45, 2.75) is 38.6 Å². The molecule has 1 fully saturated rings. The molecule has 6 heteroatoms. The molecule has 1 aliphatic carbocycles. The van der Waals surface area contributed by atoms with Crippen molar-refractivity contribution in [3.8, 4) is 5.75 Å². The number of hydrogen-bond acceptors (Lipinski definition) is 4. The van der Waals surface area contributed by atoms with E-state index in [0.29, 0.717) is 13.1 Å². The first-order valence-corrected chi connectivity index (χ1v) is 11.3. The summed E-state index contributed by atoms with van der Waals surface area (Å²) in [6.45, 7) is 3.55. The molecule has 1 aromatic heterocycles. The fraction of sp³-hybridized carbons (Fsp3) is 0.478. The average molecular weight is 413 g/mol. The Kier molecular flexibility index (Phi) is 5.90. The van der Waals surface area contributed by atoms with Crippen LogP contribution in [-0.2, 0) is 16.0 Å². The maximum Gasteiger partial charge on any atom is 0.242 e. The van der Waals surface area contributed by atoms with E-state index in [1.54, 1.807) is 23.3 Å². The Hall–Kier alpha value is -2.34. The molecule has 2 aliphatic rings. The third kappa shape index (κ3) is 4.17. The number of hydrogen-bond donors (Lipinski definition) is 0. The molecule has 0 spiro atoms. The summed E-state index contributed by atoms with van der Waals surface area (Å²) in [5.74, 6) is 1.12. The molecule has 0 unspecified atom stereocenters. The lowest BCUT2D eigenvalue weighted by Crippen LogP contribution is -2.47. The van der Waals surface area contributed by atoms with Crippen molar-refractivity contribution in [2.75, 3.05) is 26.7 Å². The standard InChI is InChI=1S/C23H28N2O3S/c1-3-12-24(23(27)17-4-5-17)15-21(26)25-13-10-20-19(11-14-29-20)22(25)16-6-8-18(28-2)9-7-16/h6-9,11,14,17,22H,3-5,10,12-13,15H2,1-2H3/t22-/m1/s1. The maximum atomic E-state index is 13.4. The number of amides is 2. The Balaban J connectivity index is 1.59. The largest absolute Gasteiger partial charge is 0.497 e. The van der Waals surface area contributed by atoms with Crippen molar-refractivity contribution >= 4 is 23.2 Å². The molecule has 1 aliphatic heterocycles. The Morgan fingerprint density at radius 3 is 2.62 bits per heavy atom. The van der Waals surface area contributed by atoms with Crippen molar-refractivity contribution in [1.29, 1.82) is 0 Å². The molecule has 154 valence electrons. The second-order valence-electron chi connectivity index (χ2n) is 7.85. The van der Waals surface area contributed by atoms with Crippen molar-refractivity contribution in [2.24, 2.45) is 5.92 Å². The van der Waals surface area contributed by atoms with Gasteiger partial charge in [0.1, 0.15) is 5.75 Å². The van der Waals surface area contributed by atoms with Gasteiger partial charge in [-0.2, -0.15) is 0 Å². The third-order valence-corrected chi connectivity index (χ3v) is 6.77. The van der Waals surface area contributed by atoms with E-state index in [0.717, 1.165) is 37.0 Å². The topological polar surface area (TPSA) is 49.9 Å². The third-order valence-electron chi connectivity index (χ3n) is 5.78. The second-order valence-corrected chi connectivity index (χ2v) is 8.85. The van der Waals surface area contributed by atoms with Crippen molar-refractivity contribution < 1.29 is 14.3 Å². The van der Waals surface area contributed by atoms with Crippen LogP contribution >= 0.6 is 11.3 Å². The minimum atomic E-state index is -0.108. The Morgan fingerprint density at radius 1 is 1.21 bits per heavy atom. The first kappa shape index (κ1) is 20.0. The molecule has 1 aromatic carbocycles. The molecule has 2 amide bonds. The highest BCUT2D eigenvalue weighted by Gasteiger charge is 2.37. The van der Waals surface area contributed by atoms with E-state index in [1.807, 2.05) is 29.2 Å². The van der Waals surface area contributed by atoms with Crippen LogP contribution in [0.25, 0.3) is 0 Å². The zero-order valence-electron chi connectivity index (χ0n) is 17.1. The monoisotopic (exact) mass is 412 g/mol. The quantitative estimate of drug-likeness (QED) is 0.693. The highest BCUT2D eigenvalue weighted by Crippen LogP contribution is 2.38. The number of rotatable bonds is 7. The molecule has 0 bridgehead atoms. The predicted octanol–water partition coefficient (Wildman–Crippen LogP) is 3.88. The average Bonchev–Trinajstić information content (AvgIpc) is 3.49. The Labute approximate surface area is 176 Å². The van der Waals surface area contributed by atoms with Crippen LogP contribution < -0.4 is 4.74 Å². The van der Waals surface area contributed by atoms with Gasteiger partial charge in [0.2, 0.25) is 11.8 Å². The summed E-state index contributed by atoms with van der Waals surface area (Å²) in [6, 6.07) is 9.99. The molecule has 0 saturated heterocycles. The van der Waals surface area contributed by atoms with Crippen LogP contribution in [0.2, 0.25) is 0 Å². The van der Waals surface area contributed by atoms with Crippen LogP contribution in [0.3, 0.4) is 0 Å². The first-order valence-electron chi connectivity index (χ1n) is 10.4. The number of methoxy groups -OCH3 is 1. The number of carbonyl (C=O) groups is 2. The molecule has 2 heterocycles. The normalized spacial score (nSPS) is 18.3. The SMILES string of the molecule is CCCN(CC(=O)N1CCc2sccc2[C@H]1c1ccc(OC)cc1)C(=O)C1CC1. The molecular weight excluding hydrogens is 384 g/mol. The molecule has 29 heavy (non-hydrogen) atoms. The van der Waals surface area contributed by atoms with Gasteiger partial charge in [0.25, 0.3) is 0 Å². The van der Waals surface area contributed by atoms with Crippen molar-refractivity contribution in [1.82, 2.24) is 9.80 Å². The number of nitrogens with zero attached hydrogens (tertiary/aromatic N) is 2. The van der Waals surface area contributed by atoms with E-state index in [9.17, 15) is 9.59 Å². The zero-order chi connectivity index (χ0) is 20.4. The summed E-state index contributed by atoms with van der Waals surface area (Å²) in [5, 5.41) is 2.11. The maximum absolute atomic E-state index is 13.4. The van der Waals surface area contributed by atoms with Crippen LogP contribution in [0, 0.1) is 5.92 Å². The van der Waals surface area contributed by atoms with Gasteiger partial charge in [0.15, 0.2) is 0 Å². The smallest absolute Gasteiger partial charge is 0.242 e. The van der Waals surface area contributed by atoms with Crippen LogP contribution in [-0.4, -0.2) is 48.4 Å². The van der Waals surface area contributed by atoms with Crippen LogP contribution in [0.15, 0.2) is 35.7 Å². The summed E-state index contributed by atoms with van der Waals surface area (Å²) >= 11 is 1.76. The summed E-state index contributed by atoms with van der Waals surface area (Å²) in [7, 11) is 1.65. The molecule has 0 N–H and O–H groups in total. The number of ether oxygens (including phenoxy) is 1. The zero-order valence-corrected chi connectivity index (χ0v) is 17.9. The second kappa shape index (κ2) is 8.57. The van der Waals surface area contributed by atoms with Gasteiger partial charge in [-0.3, -0.25) is 9.59 Å².